The van der Waals surface area contributed by atoms with Crippen LogP contribution in [0.25, 0.3) is 0 Å². The molecule has 2 nitrogen and oxygen atoms in total. The normalized spacial score (nSPS) is 16.9. The summed E-state index contributed by atoms with van der Waals surface area (Å²) < 4.78 is 5.84. The van der Waals surface area contributed by atoms with Gasteiger partial charge in [0.15, 0.2) is 5.78 Å². The quantitative estimate of drug-likeness (QED) is 0.754. The Hall–Kier alpha value is -2.35. The third-order valence-corrected chi connectivity index (χ3v) is 4.17. The van der Waals surface area contributed by atoms with Crippen LogP contribution in [0, 0.1) is 5.92 Å². The van der Waals surface area contributed by atoms with E-state index in [2.05, 4.69) is 6.58 Å². The molecule has 0 radical (unpaired) electrons. The van der Waals surface area contributed by atoms with Gasteiger partial charge in [-0.25, -0.2) is 0 Å². The van der Waals surface area contributed by atoms with Crippen LogP contribution in [0.3, 0.4) is 0 Å². The molecule has 112 valence electrons. The Balaban J connectivity index is 1.72. The maximum Gasteiger partial charge on any atom is 0.166 e. The SMILES string of the molecule is C=CCC1CCc2cc(OCc3ccccc3)ccc2C1=O. The molecule has 0 heterocycles. The van der Waals surface area contributed by atoms with Crippen molar-refractivity contribution in [3.05, 3.63) is 77.9 Å². The van der Waals surface area contributed by atoms with E-state index in [1.807, 2.05) is 54.6 Å². The Morgan fingerprint density at radius 2 is 2.00 bits per heavy atom. The zero-order chi connectivity index (χ0) is 15.4. The largest absolute Gasteiger partial charge is 0.489 e. The van der Waals surface area contributed by atoms with E-state index in [-0.39, 0.29) is 11.7 Å². The first-order valence-electron chi connectivity index (χ1n) is 7.72. The number of hydrogen-bond donors (Lipinski definition) is 0. The summed E-state index contributed by atoms with van der Waals surface area (Å²) in [6, 6.07) is 15.9. The van der Waals surface area contributed by atoms with Crippen molar-refractivity contribution in [2.45, 2.75) is 25.9 Å². The molecule has 1 atom stereocenters. The zero-order valence-electron chi connectivity index (χ0n) is 12.6. The van der Waals surface area contributed by atoms with Gasteiger partial charge >= 0.3 is 0 Å². The van der Waals surface area contributed by atoms with Gasteiger partial charge in [-0.3, -0.25) is 4.79 Å². The summed E-state index contributed by atoms with van der Waals surface area (Å²) in [7, 11) is 0. The number of rotatable bonds is 5. The van der Waals surface area contributed by atoms with Crippen LogP contribution in [0.2, 0.25) is 0 Å². The van der Waals surface area contributed by atoms with Gasteiger partial charge in [-0.15, -0.1) is 6.58 Å². The minimum absolute atomic E-state index is 0.0982. The molecule has 3 rings (SSSR count). The molecule has 0 aliphatic heterocycles. The minimum atomic E-state index is 0.0982. The molecule has 0 fully saturated rings. The molecule has 0 amide bonds. The molecule has 1 aliphatic rings. The Kier molecular flexibility index (Phi) is 4.38. The Bertz CT molecular complexity index is 673. The molecule has 0 saturated heterocycles. The molecule has 2 heteroatoms. The fraction of sp³-hybridized carbons (Fsp3) is 0.250. The third kappa shape index (κ3) is 3.11. The monoisotopic (exact) mass is 292 g/mol. The van der Waals surface area contributed by atoms with Gasteiger partial charge in [0.05, 0.1) is 0 Å². The van der Waals surface area contributed by atoms with Crippen LogP contribution in [0.4, 0.5) is 0 Å². The molecule has 0 saturated carbocycles. The van der Waals surface area contributed by atoms with E-state index in [1.54, 1.807) is 0 Å². The van der Waals surface area contributed by atoms with Crippen molar-refractivity contribution in [3.8, 4) is 5.75 Å². The van der Waals surface area contributed by atoms with Gasteiger partial charge in [-0.05, 0) is 48.6 Å². The van der Waals surface area contributed by atoms with Crippen LogP contribution in [-0.4, -0.2) is 5.78 Å². The van der Waals surface area contributed by atoms with Crippen molar-refractivity contribution in [1.29, 1.82) is 0 Å². The molecule has 0 aromatic heterocycles. The second kappa shape index (κ2) is 6.61. The first kappa shape index (κ1) is 14.6. The highest BCUT2D eigenvalue weighted by atomic mass is 16.5. The van der Waals surface area contributed by atoms with Crippen LogP contribution in [-0.2, 0) is 13.0 Å². The summed E-state index contributed by atoms with van der Waals surface area (Å²) in [6.07, 6.45) is 4.44. The standard InChI is InChI=1S/C20H20O2/c1-2-6-16-9-10-17-13-18(11-12-19(17)20(16)21)22-14-15-7-4-3-5-8-15/h2-5,7-8,11-13,16H,1,6,9-10,14H2. The summed E-state index contributed by atoms with van der Waals surface area (Å²) in [5, 5.41) is 0. The van der Waals surface area contributed by atoms with Crippen LogP contribution in [0.5, 0.6) is 5.75 Å². The summed E-state index contributed by atoms with van der Waals surface area (Å²) in [4.78, 5) is 12.4. The summed E-state index contributed by atoms with van der Waals surface area (Å²) >= 11 is 0. The first-order valence-corrected chi connectivity index (χ1v) is 7.72. The molecule has 0 spiro atoms. The number of fused-ring (bicyclic) bond motifs is 1. The molecule has 0 N–H and O–H groups in total. The lowest BCUT2D eigenvalue weighted by Crippen LogP contribution is -2.22. The zero-order valence-corrected chi connectivity index (χ0v) is 12.6. The van der Waals surface area contributed by atoms with Crippen molar-refractivity contribution >= 4 is 5.78 Å². The predicted octanol–water partition coefficient (Wildman–Crippen LogP) is 4.59. The van der Waals surface area contributed by atoms with E-state index >= 15 is 0 Å². The van der Waals surface area contributed by atoms with Crippen molar-refractivity contribution in [2.75, 3.05) is 0 Å². The van der Waals surface area contributed by atoms with Gasteiger partial charge in [-0.1, -0.05) is 36.4 Å². The smallest absolute Gasteiger partial charge is 0.166 e. The lowest BCUT2D eigenvalue weighted by Gasteiger charge is -2.22. The molecule has 22 heavy (non-hydrogen) atoms. The van der Waals surface area contributed by atoms with Gasteiger partial charge in [0.2, 0.25) is 0 Å². The lowest BCUT2D eigenvalue weighted by molar-refractivity contribution is 0.0903. The van der Waals surface area contributed by atoms with Crippen LogP contribution >= 0.6 is 0 Å². The van der Waals surface area contributed by atoms with E-state index in [0.717, 1.165) is 41.7 Å². The highest BCUT2D eigenvalue weighted by Gasteiger charge is 2.26. The molecule has 2 aromatic rings. The number of benzene rings is 2. The molecule has 1 unspecified atom stereocenters. The van der Waals surface area contributed by atoms with E-state index in [9.17, 15) is 4.79 Å². The number of Topliss-reactive ketones (excluding diaryl/α,β-unsaturated/α-hetero) is 1. The number of carbonyl (C=O) groups excluding carboxylic acids is 1. The fourth-order valence-corrected chi connectivity index (χ4v) is 2.95. The number of carbonyl (C=O) groups is 1. The van der Waals surface area contributed by atoms with Crippen molar-refractivity contribution in [1.82, 2.24) is 0 Å². The first-order chi connectivity index (χ1) is 10.8. The second-order valence-corrected chi connectivity index (χ2v) is 5.72. The molecule has 1 aliphatic carbocycles. The predicted molar refractivity (Wildman–Crippen MR) is 88.2 cm³/mol. The van der Waals surface area contributed by atoms with Gasteiger partial charge in [0.1, 0.15) is 12.4 Å². The average Bonchev–Trinajstić information content (AvgIpc) is 2.56. The number of ketones is 1. The van der Waals surface area contributed by atoms with Crippen molar-refractivity contribution in [3.63, 3.8) is 0 Å². The molecule has 0 bridgehead atoms. The molecule has 2 aromatic carbocycles. The molecular formula is C20H20O2. The second-order valence-electron chi connectivity index (χ2n) is 5.72. The van der Waals surface area contributed by atoms with Crippen molar-refractivity contribution < 1.29 is 9.53 Å². The van der Waals surface area contributed by atoms with Crippen LogP contribution in [0.15, 0.2) is 61.2 Å². The van der Waals surface area contributed by atoms with E-state index in [4.69, 9.17) is 4.74 Å². The van der Waals surface area contributed by atoms with Gasteiger partial charge in [0.25, 0.3) is 0 Å². The number of allylic oxidation sites excluding steroid dienone is 1. The maximum absolute atomic E-state index is 12.4. The van der Waals surface area contributed by atoms with Gasteiger partial charge in [-0.2, -0.15) is 0 Å². The van der Waals surface area contributed by atoms with E-state index < -0.39 is 0 Å². The summed E-state index contributed by atoms with van der Waals surface area (Å²) in [5.41, 5.74) is 3.10. The van der Waals surface area contributed by atoms with E-state index in [1.165, 1.54) is 0 Å². The fourth-order valence-electron chi connectivity index (χ4n) is 2.95. The highest BCUT2D eigenvalue weighted by Crippen LogP contribution is 2.30. The Morgan fingerprint density at radius 3 is 2.77 bits per heavy atom. The Labute approximate surface area is 131 Å². The third-order valence-electron chi connectivity index (χ3n) is 4.17. The van der Waals surface area contributed by atoms with Gasteiger partial charge < -0.3 is 4.74 Å². The summed E-state index contributed by atoms with van der Waals surface area (Å²) in [5.74, 6) is 1.18. The van der Waals surface area contributed by atoms with Crippen LogP contribution in [0.1, 0.15) is 34.3 Å². The van der Waals surface area contributed by atoms with Crippen LogP contribution < -0.4 is 4.74 Å². The number of hydrogen-bond acceptors (Lipinski definition) is 2. The minimum Gasteiger partial charge on any atom is -0.489 e. The number of aryl methyl sites for hydroxylation is 1. The average molecular weight is 292 g/mol. The highest BCUT2D eigenvalue weighted by molar-refractivity contribution is 6.00. The maximum atomic E-state index is 12.4. The van der Waals surface area contributed by atoms with E-state index in [0.29, 0.717) is 6.61 Å². The lowest BCUT2D eigenvalue weighted by atomic mass is 9.81. The Morgan fingerprint density at radius 1 is 1.18 bits per heavy atom. The van der Waals surface area contributed by atoms with Gasteiger partial charge in [0, 0.05) is 11.5 Å². The number of ether oxygens (including phenoxy) is 1. The van der Waals surface area contributed by atoms with Crippen molar-refractivity contribution in [2.24, 2.45) is 5.92 Å². The molecular weight excluding hydrogens is 272 g/mol. The topological polar surface area (TPSA) is 26.3 Å². The summed E-state index contributed by atoms with van der Waals surface area (Å²) in [6.45, 7) is 4.29.